The Balaban J connectivity index is 2.21. The van der Waals surface area contributed by atoms with Crippen LogP contribution in [0.2, 0.25) is 0 Å². The molecule has 2 rings (SSSR count). The van der Waals surface area contributed by atoms with Gasteiger partial charge in [-0.3, -0.25) is 9.59 Å². The molecule has 8 heteroatoms. The third kappa shape index (κ3) is 6.31. The Morgan fingerprint density at radius 2 is 1.79 bits per heavy atom. The lowest BCUT2D eigenvalue weighted by Crippen LogP contribution is -2.30. The molecular formula is C21H22F2N2O4. The fraction of sp³-hybridized carbons (Fsp3) is 0.238. The smallest absolute Gasteiger partial charge is 0.387 e. The number of hydrogen-bond acceptors (Lipinski definition) is 4. The van der Waals surface area contributed by atoms with E-state index in [9.17, 15) is 18.4 Å². The van der Waals surface area contributed by atoms with Gasteiger partial charge in [-0.1, -0.05) is 24.3 Å². The molecule has 29 heavy (non-hydrogen) atoms. The van der Waals surface area contributed by atoms with Crippen LogP contribution in [0.1, 0.15) is 29.8 Å². The van der Waals surface area contributed by atoms with E-state index in [1.54, 1.807) is 30.3 Å². The maximum absolute atomic E-state index is 12.7. The van der Waals surface area contributed by atoms with Gasteiger partial charge in [0.1, 0.15) is 0 Å². The normalized spacial score (nSPS) is 11.0. The van der Waals surface area contributed by atoms with Gasteiger partial charge < -0.3 is 20.1 Å². The summed E-state index contributed by atoms with van der Waals surface area (Å²) in [6.45, 7) is 0.614. The topological polar surface area (TPSA) is 76.7 Å². The summed E-state index contributed by atoms with van der Waals surface area (Å²) in [5.74, 6) is -0.921. The first kappa shape index (κ1) is 21.9. The number of carbonyl (C=O) groups excluding carboxylic acids is 2. The number of alkyl halides is 2. The highest BCUT2D eigenvalue weighted by Gasteiger charge is 2.15. The summed E-state index contributed by atoms with van der Waals surface area (Å²) in [7, 11) is 1.33. The maximum atomic E-state index is 12.7. The number of carbonyl (C=O) groups is 2. The van der Waals surface area contributed by atoms with E-state index in [2.05, 4.69) is 15.4 Å². The zero-order valence-corrected chi connectivity index (χ0v) is 16.2. The van der Waals surface area contributed by atoms with Gasteiger partial charge in [0.2, 0.25) is 5.91 Å². The largest absolute Gasteiger partial charge is 0.493 e. The first-order valence-corrected chi connectivity index (χ1v) is 8.82. The molecule has 154 valence electrons. The van der Waals surface area contributed by atoms with E-state index in [-0.39, 0.29) is 29.0 Å². The summed E-state index contributed by atoms with van der Waals surface area (Å²) in [4.78, 5) is 24.6. The molecule has 0 fully saturated rings. The quantitative estimate of drug-likeness (QED) is 0.650. The van der Waals surface area contributed by atoms with Gasteiger partial charge in [0, 0.05) is 17.7 Å². The number of para-hydroxylation sites is 2. The molecule has 0 aromatic heterocycles. The van der Waals surface area contributed by atoms with Crippen molar-refractivity contribution < 1.29 is 27.8 Å². The minimum Gasteiger partial charge on any atom is -0.493 e. The molecule has 0 aliphatic carbocycles. The fourth-order valence-electron chi connectivity index (χ4n) is 2.51. The lowest BCUT2D eigenvalue weighted by atomic mass is 10.1. The number of anilines is 1. The zero-order chi connectivity index (χ0) is 21.4. The number of ether oxygens (including phenoxy) is 2. The Bertz CT molecular complexity index is 898. The van der Waals surface area contributed by atoms with Gasteiger partial charge >= 0.3 is 6.61 Å². The highest BCUT2D eigenvalue weighted by molar-refractivity contribution is 6.07. The molecule has 0 saturated heterocycles. The monoisotopic (exact) mass is 404 g/mol. The molecule has 2 amide bonds. The first-order chi connectivity index (χ1) is 13.8. The van der Waals surface area contributed by atoms with E-state index in [1.165, 1.54) is 25.3 Å². The molecule has 0 unspecified atom stereocenters. The third-order valence-corrected chi connectivity index (χ3v) is 3.70. The van der Waals surface area contributed by atoms with Gasteiger partial charge in [0.25, 0.3) is 5.91 Å². The molecule has 2 N–H and O–H groups in total. The molecule has 2 aromatic rings. The minimum absolute atomic E-state index is 0.0625. The molecule has 0 atom stereocenters. The molecule has 0 spiro atoms. The molecule has 0 bridgehead atoms. The highest BCUT2D eigenvalue weighted by Crippen LogP contribution is 2.33. The summed E-state index contributed by atoms with van der Waals surface area (Å²) >= 11 is 0. The number of halogens is 2. The third-order valence-electron chi connectivity index (χ3n) is 3.70. The highest BCUT2D eigenvalue weighted by atomic mass is 19.3. The van der Waals surface area contributed by atoms with Crippen molar-refractivity contribution in [3.05, 3.63) is 59.7 Å². The van der Waals surface area contributed by atoms with E-state index >= 15 is 0 Å². The summed E-state index contributed by atoms with van der Waals surface area (Å²) in [6, 6.07) is 11.1. The Morgan fingerprint density at radius 1 is 1.07 bits per heavy atom. The molecule has 2 aromatic carbocycles. The van der Waals surface area contributed by atoms with Crippen molar-refractivity contribution in [2.24, 2.45) is 0 Å². The SMILES string of the molecule is COc1cccc(/C=C/C(=O)Nc2ccccc2C(=O)NC(C)C)c1OC(F)F. The average molecular weight is 404 g/mol. The maximum Gasteiger partial charge on any atom is 0.387 e. The van der Waals surface area contributed by atoms with Crippen LogP contribution in [-0.2, 0) is 4.79 Å². The second kappa shape index (κ2) is 10.2. The van der Waals surface area contributed by atoms with Crippen LogP contribution in [0, 0.1) is 0 Å². The van der Waals surface area contributed by atoms with Crippen molar-refractivity contribution in [2.45, 2.75) is 26.5 Å². The lowest BCUT2D eigenvalue weighted by Gasteiger charge is -2.13. The van der Waals surface area contributed by atoms with E-state index in [0.29, 0.717) is 11.3 Å². The number of rotatable bonds is 8. The van der Waals surface area contributed by atoms with E-state index < -0.39 is 12.5 Å². The standard InChI is InChI=1S/C21H22F2N2O4/c1-13(2)24-20(27)15-8-4-5-9-16(15)25-18(26)12-11-14-7-6-10-17(28-3)19(14)29-21(22)23/h4-13,21H,1-3H3,(H,24,27)(H,25,26)/b12-11+. The van der Waals surface area contributed by atoms with Crippen LogP contribution in [0.3, 0.4) is 0 Å². The van der Waals surface area contributed by atoms with Crippen LogP contribution < -0.4 is 20.1 Å². The van der Waals surface area contributed by atoms with Gasteiger partial charge in [-0.2, -0.15) is 8.78 Å². The second-order valence-corrected chi connectivity index (χ2v) is 6.25. The van der Waals surface area contributed by atoms with Gasteiger partial charge in [-0.25, -0.2) is 0 Å². The molecular weight excluding hydrogens is 382 g/mol. The Labute approximate surface area is 167 Å². The van der Waals surface area contributed by atoms with Gasteiger partial charge in [0.05, 0.1) is 18.4 Å². The van der Waals surface area contributed by atoms with Crippen molar-refractivity contribution in [1.29, 1.82) is 0 Å². The fourth-order valence-corrected chi connectivity index (χ4v) is 2.51. The minimum atomic E-state index is -3.04. The van der Waals surface area contributed by atoms with Crippen molar-refractivity contribution in [3.63, 3.8) is 0 Å². The Hall–Kier alpha value is -3.42. The zero-order valence-electron chi connectivity index (χ0n) is 16.2. The summed E-state index contributed by atoms with van der Waals surface area (Å²) in [5, 5.41) is 5.38. The summed E-state index contributed by atoms with van der Waals surface area (Å²) in [5.41, 5.74) is 0.881. The van der Waals surface area contributed by atoms with Crippen LogP contribution in [0.15, 0.2) is 48.5 Å². The van der Waals surface area contributed by atoms with Crippen molar-refractivity contribution >= 4 is 23.6 Å². The van der Waals surface area contributed by atoms with Crippen molar-refractivity contribution in [2.75, 3.05) is 12.4 Å². The summed E-state index contributed by atoms with van der Waals surface area (Å²) < 4.78 is 34.9. The van der Waals surface area contributed by atoms with Crippen LogP contribution in [0.4, 0.5) is 14.5 Å². The molecule has 6 nitrogen and oxygen atoms in total. The predicted molar refractivity (Wildman–Crippen MR) is 106 cm³/mol. The van der Waals surface area contributed by atoms with Crippen molar-refractivity contribution in [1.82, 2.24) is 5.32 Å². The van der Waals surface area contributed by atoms with E-state index in [0.717, 1.165) is 6.08 Å². The average Bonchev–Trinajstić information content (AvgIpc) is 2.66. The van der Waals surface area contributed by atoms with E-state index in [1.807, 2.05) is 13.8 Å². The van der Waals surface area contributed by atoms with Crippen LogP contribution in [0.5, 0.6) is 11.5 Å². The summed E-state index contributed by atoms with van der Waals surface area (Å²) in [6.07, 6.45) is 2.48. The Kier molecular flexibility index (Phi) is 7.70. The molecule has 0 aliphatic heterocycles. The lowest BCUT2D eigenvalue weighted by molar-refractivity contribution is -0.111. The van der Waals surface area contributed by atoms with Gasteiger partial charge in [-0.05, 0) is 38.1 Å². The predicted octanol–water partition coefficient (Wildman–Crippen LogP) is 4.09. The van der Waals surface area contributed by atoms with Gasteiger partial charge in [0.15, 0.2) is 11.5 Å². The van der Waals surface area contributed by atoms with Crippen molar-refractivity contribution in [3.8, 4) is 11.5 Å². The number of nitrogens with one attached hydrogen (secondary N) is 2. The Morgan fingerprint density at radius 3 is 2.45 bits per heavy atom. The number of benzene rings is 2. The molecule has 0 aliphatic rings. The van der Waals surface area contributed by atoms with Crippen LogP contribution in [0.25, 0.3) is 6.08 Å². The molecule has 0 radical (unpaired) electrons. The van der Waals surface area contributed by atoms with Crippen LogP contribution >= 0.6 is 0 Å². The van der Waals surface area contributed by atoms with Crippen LogP contribution in [-0.4, -0.2) is 31.6 Å². The number of amides is 2. The number of hydrogen-bond donors (Lipinski definition) is 2. The number of methoxy groups -OCH3 is 1. The van der Waals surface area contributed by atoms with E-state index in [4.69, 9.17) is 4.74 Å². The molecule has 0 saturated carbocycles. The first-order valence-electron chi connectivity index (χ1n) is 8.82. The second-order valence-electron chi connectivity index (χ2n) is 6.25. The molecule has 0 heterocycles. The van der Waals surface area contributed by atoms with Gasteiger partial charge in [-0.15, -0.1) is 0 Å².